The van der Waals surface area contributed by atoms with Crippen LogP contribution in [0.5, 0.6) is 5.75 Å². The first-order chi connectivity index (χ1) is 13.5. The molecule has 0 fully saturated rings. The van der Waals surface area contributed by atoms with E-state index in [4.69, 9.17) is 15.5 Å². The summed E-state index contributed by atoms with van der Waals surface area (Å²) in [5.74, 6) is 1.72. The van der Waals surface area contributed by atoms with Crippen molar-refractivity contribution in [1.29, 1.82) is 0 Å². The van der Waals surface area contributed by atoms with Crippen LogP contribution in [-0.4, -0.2) is 28.5 Å². The quantitative estimate of drug-likeness (QED) is 0.702. The van der Waals surface area contributed by atoms with Gasteiger partial charge in [-0.3, -0.25) is 4.90 Å². The second-order valence-electron chi connectivity index (χ2n) is 7.50. The van der Waals surface area contributed by atoms with Gasteiger partial charge in [0.05, 0.1) is 12.8 Å². The summed E-state index contributed by atoms with van der Waals surface area (Å²) >= 11 is 0. The third kappa shape index (κ3) is 3.71. The molecule has 1 aromatic heterocycles. The van der Waals surface area contributed by atoms with E-state index in [1.165, 1.54) is 22.3 Å². The lowest BCUT2D eigenvalue weighted by Crippen LogP contribution is -2.31. The highest BCUT2D eigenvalue weighted by molar-refractivity contribution is 5.58. The first-order valence-corrected chi connectivity index (χ1v) is 9.60. The summed E-state index contributed by atoms with van der Waals surface area (Å²) in [6, 6.07) is 12.1. The van der Waals surface area contributed by atoms with Crippen molar-refractivity contribution in [2.24, 2.45) is 0 Å². The van der Waals surface area contributed by atoms with E-state index in [0.29, 0.717) is 0 Å². The molecule has 1 aliphatic heterocycles. The maximum Gasteiger partial charge on any atom is 0.159 e. The minimum Gasteiger partial charge on any atom is -0.496 e. The number of nitrogens with zero attached hydrogens (tertiary/aromatic N) is 3. The highest BCUT2D eigenvalue weighted by atomic mass is 16.5. The summed E-state index contributed by atoms with van der Waals surface area (Å²) in [5.41, 5.74) is 13.7. The lowest BCUT2D eigenvalue weighted by atomic mass is 10.0. The number of benzene rings is 2. The van der Waals surface area contributed by atoms with Gasteiger partial charge in [-0.15, -0.1) is 0 Å². The fourth-order valence-electron chi connectivity index (χ4n) is 3.76. The van der Waals surface area contributed by atoms with E-state index in [-0.39, 0.29) is 0 Å². The summed E-state index contributed by atoms with van der Waals surface area (Å²) in [5, 5.41) is 0. The topological polar surface area (TPSA) is 64.3 Å². The van der Waals surface area contributed by atoms with E-state index in [1.54, 1.807) is 7.11 Å². The second-order valence-corrected chi connectivity index (χ2v) is 7.50. The van der Waals surface area contributed by atoms with Crippen LogP contribution in [0.4, 0.5) is 5.69 Å². The number of nitrogens with two attached hydrogens (primary N) is 1. The predicted octanol–water partition coefficient (Wildman–Crippen LogP) is 3.91. The number of hydrogen-bond donors (Lipinski definition) is 1. The summed E-state index contributed by atoms with van der Waals surface area (Å²) in [6.07, 6.45) is 2.92. The standard InChI is InChI=1S/C23H26N4O/c1-15-11-22(28-3)16(2)10-18(15)13-27-9-8-21-19(14-27)12-25-23(26-21)17-4-6-20(24)7-5-17/h4-7,10-12H,8-9,13-14,24H2,1-3H3. The van der Waals surface area contributed by atoms with Crippen molar-refractivity contribution in [1.82, 2.24) is 14.9 Å². The molecule has 1 aliphatic rings. The Morgan fingerprint density at radius 2 is 1.89 bits per heavy atom. The number of hydrogen-bond acceptors (Lipinski definition) is 5. The number of nitrogen functional groups attached to an aromatic ring is 1. The van der Waals surface area contributed by atoms with Gasteiger partial charge in [0.25, 0.3) is 0 Å². The number of aryl methyl sites for hydroxylation is 2. The Morgan fingerprint density at radius 3 is 2.64 bits per heavy atom. The Kier molecular flexibility index (Phi) is 5.01. The van der Waals surface area contributed by atoms with Gasteiger partial charge in [-0.25, -0.2) is 9.97 Å². The minimum atomic E-state index is 0.751. The molecule has 0 saturated carbocycles. The summed E-state index contributed by atoms with van der Waals surface area (Å²) in [4.78, 5) is 11.9. The number of methoxy groups -OCH3 is 1. The molecular formula is C23H26N4O. The van der Waals surface area contributed by atoms with Gasteiger partial charge in [0, 0.05) is 49.1 Å². The molecule has 5 heteroatoms. The number of ether oxygens (including phenoxy) is 1. The van der Waals surface area contributed by atoms with Crippen molar-refractivity contribution < 1.29 is 4.74 Å². The molecule has 144 valence electrons. The first kappa shape index (κ1) is 18.4. The summed E-state index contributed by atoms with van der Waals surface area (Å²) in [7, 11) is 1.72. The molecular weight excluding hydrogens is 348 g/mol. The smallest absolute Gasteiger partial charge is 0.159 e. The largest absolute Gasteiger partial charge is 0.496 e. The highest BCUT2D eigenvalue weighted by Crippen LogP contribution is 2.26. The lowest BCUT2D eigenvalue weighted by molar-refractivity contribution is 0.242. The molecule has 0 aliphatic carbocycles. The predicted molar refractivity (Wildman–Crippen MR) is 112 cm³/mol. The maximum atomic E-state index is 5.78. The molecule has 4 rings (SSSR count). The normalized spacial score (nSPS) is 14.0. The summed E-state index contributed by atoms with van der Waals surface area (Å²) in [6.45, 7) is 7.05. The van der Waals surface area contributed by atoms with Gasteiger partial charge < -0.3 is 10.5 Å². The zero-order chi connectivity index (χ0) is 19.7. The average Bonchev–Trinajstić information content (AvgIpc) is 2.70. The van der Waals surface area contributed by atoms with E-state index >= 15 is 0 Å². The molecule has 0 unspecified atom stereocenters. The van der Waals surface area contributed by atoms with Crippen LogP contribution in [0.3, 0.4) is 0 Å². The number of fused-ring (bicyclic) bond motifs is 1. The van der Waals surface area contributed by atoms with E-state index in [1.807, 2.05) is 30.5 Å². The van der Waals surface area contributed by atoms with Crippen LogP contribution < -0.4 is 10.5 Å². The van der Waals surface area contributed by atoms with Gasteiger partial charge in [0.15, 0.2) is 5.82 Å². The van der Waals surface area contributed by atoms with Crippen molar-refractivity contribution in [3.05, 3.63) is 70.5 Å². The van der Waals surface area contributed by atoms with Crippen LogP contribution in [0.1, 0.15) is 27.9 Å². The van der Waals surface area contributed by atoms with E-state index in [2.05, 4.69) is 35.9 Å². The van der Waals surface area contributed by atoms with Crippen molar-refractivity contribution in [3.63, 3.8) is 0 Å². The molecule has 5 nitrogen and oxygen atoms in total. The van der Waals surface area contributed by atoms with Gasteiger partial charge in [-0.1, -0.05) is 6.07 Å². The Labute approximate surface area is 166 Å². The molecule has 0 atom stereocenters. The van der Waals surface area contributed by atoms with Gasteiger partial charge in [-0.05, 0) is 60.9 Å². The van der Waals surface area contributed by atoms with E-state index < -0.39 is 0 Å². The van der Waals surface area contributed by atoms with Crippen LogP contribution in [-0.2, 0) is 19.5 Å². The van der Waals surface area contributed by atoms with E-state index in [9.17, 15) is 0 Å². The molecule has 2 N–H and O–H groups in total. The Hall–Kier alpha value is -2.92. The number of anilines is 1. The van der Waals surface area contributed by atoms with Gasteiger partial charge in [0.1, 0.15) is 5.75 Å². The second kappa shape index (κ2) is 7.60. The van der Waals surface area contributed by atoms with Crippen molar-refractivity contribution in [2.45, 2.75) is 33.4 Å². The van der Waals surface area contributed by atoms with Gasteiger partial charge >= 0.3 is 0 Å². The Morgan fingerprint density at radius 1 is 1.11 bits per heavy atom. The first-order valence-electron chi connectivity index (χ1n) is 9.60. The van der Waals surface area contributed by atoms with E-state index in [0.717, 1.165) is 54.6 Å². The number of aromatic nitrogens is 2. The molecule has 28 heavy (non-hydrogen) atoms. The molecule has 3 aromatic rings. The van der Waals surface area contributed by atoms with Crippen molar-refractivity contribution in [3.8, 4) is 17.1 Å². The third-order valence-corrected chi connectivity index (χ3v) is 5.43. The molecule has 2 aromatic carbocycles. The lowest BCUT2D eigenvalue weighted by Gasteiger charge is -2.29. The zero-order valence-corrected chi connectivity index (χ0v) is 16.7. The van der Waals surface area contributed by atoms with Crippen LogP contribution in [0.2, 0.25) is 0 Å². The van der Waals surface area contributed by atoms with Gasteiger partial charge in [-0.2, -0.15) is 0 Å². The fourth-order valence-corrected chi connectivity index (χ4v) is 3.76. The van der Waals surface area contributed by atoms with Crippen LogP contribution in [0, 0.1) is 13.8 Å². The van der Waals surface area contributed by atoms with Crippen LogP contribution in [0.25, 0.3) is 11.4 Å². The SMILES string of the molecule is COc1cc(C)c(CN2CCc3nc(-c4ccc(N)cc4)ncc3C2)cc1C. The fraction of sp³-hybridized carbons (Fsp3) is 0.304. The zero-order valence-electron chi connectivity index (χ0n) is 16.7. The molecule has 2 heterocycles. The molecule has 0 saturated heterocycles. The number of rotatable bonds is 4. The highest BCUT2D eigenvalue weighted by Gasteiger charge is 2.20. The Bertz CT molecular complexity index is 998. The third-order valence-electron chi connectivity index (χ3n) is 5.43. The van der Waals surface area contributed by atoms with Crippen molar-refractivity contribution in [2.75, 3.05) is 19.4 Å². The maximum absolute atomic E-state index is 5.78. The molecule has 0 amide bonds. The van der Waals surface area contributed by atoms with Crippen LogP contribution in [0.15, 0.2) is 42.6 Å². The van der Waals surface area contributed by atoms with Crippen molar-refractivity contribution >= 4 is 5.69 Å². The monoisotopic (exact) mass is 374 g/mol. The molecule has 0 spiro atoms. The molecule has 0 bridgehead atoms. The van der Waals surface area contributed by atoms with Crippen LogP contribution >= 0.6 is 0 Å². The van der Waals surface area contributed by atoms with Gasteiger partial charge in [0.2, 0.25) is 0 Å². The average molecular weight is 374 g/mol. The Balaban J connectivity index is 1.51. The minimum absolute atomic E-state index is 0.751. The summed E-state index contributed by atoms with van der Waals surface area (Å²) < 4.78 is 5.43. The molecule has 0 radical (unpaired) electrons.